The number of nitrogens with two attached hydrogens (primary N) is 1. The topological polar surface area (TPSA) is 66.5 Å². The first kappa shape index (κ1) is 13.7. The molecule has 0 radical (unpaired) electrons. The molecule has 0 aliphatic heterocycles. The molecule has 0 aromatic heterocycles. The van der Waals surface area contributed by atoms with Gasteiger partial charge in [-0.15, -0.1) is 0 Å². The zero-order chi connectivity index (χ0) is 13.2. The average Bonchev–Trinajstić information content (AvgIpc) is 2.20. The van der Waals surface area contributed by atoms with E-state index in [9.17, 15) is 22.7 Å². The van der Waals surface area contributed by atoms with Crippen molar-refractivity contribution < 1.29 is 27.8 Å². The molecule has 96 valence electrons. The number of aliphatic hydroxyl groups excluding tert-OH is 1. The number of hydrogen-bond acceptors (Lipinski definition) is 3. The van der Waals surface area contributed by atoms with Crippen LogP contribution in [-0.4, -0.2) is 22.4 Å². The third-order valence-corrected chi connectivity index (χ3v) is 2.25. The summed E-state index contributed by atoms with van der Waals surface area (Å²) in [5.74, 6) is -1.65. The SMILES string of the molecule is N[C@@H](C[C@H](O)c1ccc(O)c(F)c1)C(F)(F)F. The predicted molar refractivity (Wildman–Crippen MR) is 51.7 cm³/mol. The van der Waals surface area contributed by atoms with Gasteiger partial charge in [-0.05, 0) is 17.7 Å². The van der Waals surface area contributed by atoms with E-state index in [-0.39, 0.29) is 5.56 Å². The van der Waals surface area contributed by atoms with E-state index in [1.54, 1.807) is 0 Å². The van der Waals surface area contributed by atoms with Crippen LogP contribution in [0.4, 0.5) is 17.6 Å². The Morgan fingerprint density at radius 1 is 1.29 bits per heavy atom. The largest absolute Gasteiger partial charge is 0.505 e. The lowest BCUT2D eigenvalue weighted by molar-refractivity contribution is -0.153. The third-order valence-electron chi connectivity index (χ3n) is 2.25. The van der Waals surface area contributed by atoms with Gasteiger partial charge in [-0.1, -0.05) is 6.07 Å². The number of alkyl halides is 3. The molecule has 0 fully saturated rings. The molecule has 1 aromatic rings. The van der Waals surface area contributed by atoms with Crippen molar-refractivity contribution in [2.24, 2.45) is 5.73 Å². The zero-order valence-corrected chi connectivity index (χ0v) is 8.58. The Balaban J connectivity index is 2.76. The van der Waals surface area contributed by atoms with E-state index in [2.05, 4.69) is 0 Å². The van der Waals surface area contributed by atoms with Crippen molar-refractivity contribution in [2.75, 3.05) is 0 Å². The normalized spacial score (nSPS) is 15.6. The molecular formula is C10H11F4NO2. The number of phenols is 1. The number of benzene rings is 1. The van der Waals surface area contributed by atoms with Gasteiger partial charge in [0.2, 0.25) is 0 Å². The van der Waals surface area contributed by atoms with Crippen LogP contribution in [0.3, 0.4) is 0 Å². The standard InChI is InChI=1S/C10H11F4NO2/c11-6-3-5(1-2-7(6)16)8(17)4-9(15)10(12,13)14/h1-3,8-9,16-17H,4,15H2/t8-,9-/m0/s1. The van der Waals surface area contributed by atoms with Crippen molar-refractivity contribution in [3.05, 3.63) is 29.6 Å². The number of hydrogen-bond donors (Lipinski definition) is 3. The van der Waals surface area contributed by atoms with Gasteiger partial charge in [0.25, 0.3) is 0 Å². The summed E-state index contributed by atoms with van der Waals surface area (Å²) in [6, 6.07) is 0.664. The van der Waals surface area contributed by atoms with Crippen LogP contribution in [0.5, 0.6) is 5.75 Å². The summed E-state index contributed by atoms with van der Waals surface area (Å²) >= 11 is 0. The molecule has 0 unspecified atom stereocenters. The van der Waals surface area contributed by atoms with E-state index in [4.69, 9.17) is 10.8 Å². The van der Waals surface area contributed by atoms with Gasteiger partial charge in [-0.3, -0.25) is 0 Å². The van der Waals surface area contributed by atoms with Crippen LogP contribution in [0, 0.1) is 5.82 Å². The van der Waals surface area contributed by atoms with Gasteiger partial charge < -0.3 is 15.9 Å². The molecule has 4 N–H and O–H groups in total. The lowest BCUT2D eigenvalue weighted by Crippen LogP contribution is -2.38. The maximum Gasteiger partial charge on any atom is 0.403 e. The molecular weight excluding hydrogens is 242 g/mol. The lowest BCUT2D eigenvalue weighted by atomic mass is 10.0. The Morgan fingerprint density at radius 2 is 1.88 bits per heavy atom. The third kappa shape index (κ3) is 3.57. The second kappa shape index (κ2) is 4.89. The molecule has 0 saturated heterocycles. The molecule has 7 heteroatoms. The van der Waals surface area contributed by atoms with Crippen LogP contribution < -0.4 is 5.73 Å². The molecule has 0 aliphatic carbocycles. The highest BCUT2D eigenvalue weighted by atomic mass is 19.4. The molecule has 0 saturated carbocycles. The fourth-order valence-corrected chi connectivity index (χ4v) is 1.24. The van der Waals surface area contributed by atoms with Crippen LogP contribution in [0.15, 0.2) is 18.2 Å². The molecule has 0 heterocycles. The second-order valence-corrected chi connectivity index (χ2v) is 3.61. The Hall–Kier alpha value is -1.34. The maximum absolute atomic E-state index is 12.9. The Bertz CT molecular complexity index is 394. The van der Waals surface area contributed by atoms with Crippen LogP contribution >= 0.6 is 0 Å². The monoisotopic (exact) mass is 253 g/mol. The summed E-state index contributed by atoms with van der Waals surface area (Å²) < 4.78 is 49.3. The Morgan fingerprint density at radius 3 is 2.35 bits per heavy atom. The second-order valence-electron chi connectivity index (χ2n) is 3.61. The number of phenolic OH excluding ortho intramolecular Hbond substituents is 1. The smallest absolute Gasteiger partial charge is 0.403 e. The molecule has 1 aromatic carbocycles. The minimum absolute atomic E-state index is 0.0694. The van der Waals surface area contributed by atoms with Gasteiger partial charge in [0.15, 0.2) is 11.6 Å². The molecule has 1 rings (SSSR count). The summed E-state index contributed by atoms with van der Waals surface area (Å²) in [6.45, 7) is 0. The van der Waals surface area contributed by atoms with E-state index in [1.165, 1.54) is 0 Å². The first-order chi connectivity index (χ1) is 7.71. The Kier molecular flexibility index (Phi) is 3.94. The van der Waals surface area contributed by atoms with Crippen LogP contribution in [-0.2, 0) is 0 Å². The van der Waals surface area contributed by atoms with E-state index in [1.807, 2.05) is 0 Å². The average molecular weight is 253 g/mol. The highest BCUT2D eigenvalue weighted by Gasteiger charge is 2.38. The fraction of sp³-hybridized carbons (Fsp3) is 0.400. The minimum Gasteiger partial charge on any atom is -0.505 e. The van der Waals surface area contributed by atoms with Gasteiger partial charge in [-0.2, -0.15) is 13.2 Å². The zero-order valence-electron chi connectivity index (χ0n) is 8.58. The number of aliphatic hydroxyl groups is 1. The Labute approximate surface area is 94.5 Å². The van der Waals surface area contributed by atoms with E-state index in [0.717, 1.165) is 18.2 Å². The lowest BCUT2D eigenvalue weighted by Gasteiger charge is -2.19. The van der Waals surface area contributed by atoms with Crippen LogP contribution in [0.2, 0.25) is 0 Å². The van der Waals surface area contributed by atoms with Crippen LogP contribution in [0.25, 0.3) is 0 Å². The highest BCUT2D eigenvalue weighted by molar-refractivity contribution is 5.29. The van der Waals surface area contributed by atoms with E-state index in [0.29, 0.717) is 0 Å². The van der Waals surface area contributed by atoms with Crippen molar-refractivity contribution in [2.45, 2.75) is 24.7 Å². The van der Waals surface area contributed by atoms with E-state index < -0.39 is 36.3 Å². The van der Waals surface area contributed by atoms with Gasteiger partial charge in [0.05, 0.1) is 6.10 Å². The van der Waals surface area contributed by atoms with Crippen molar-refractivity contribution in [3.63, 3.8) is 0 Å². The number of halogens is 4. The van der Waals surface area contributed by atoms with Gasteiger partial charge in [0.1, 0.15) is 6.04 Å². The molecule has 2 atom stereocenters. The number of rotatable bonds is 3. The maximum atomic E-state index is 12.9. The fourth-order valence-electron chi connectivity index (χ4n) is 1.24. The molecule has 0 amide bonds. The van der Waals surface area contributed by atoms with Crippen molar-refractivity contribution in [1.29, 1.82) is 0 Å². The van der Waals surface area contributed by atoms with Gasteiger partial charge in [0, 0.05) is 6.42 Å². The van der Waals surface area contributed by atoms with Crippen molar-refractivity contribution in [1.82, 2.24) is 0 Å². The molecule has 17 heavy (non-hydrogen) atoms. The summed E-state index contributed by atoms with van der Waals surface area (Å²) in [5.41, 5.74) is 4.76. The summed E-state index contributed by atoms with van der Waals surface area (Å²) in [5, 5.41) is 18.3. The first-order valence-electron chi connectivity index (χ1n) is 4.70. The summed E-state index contributed by atoms with van der Waals surface area (Å²) in [4.78, 5) is 0. The predicted octanol–water partition coefficient (Wildman–Crippen LogP) is 1.84. The molecule has 0 spiro atoms. The molecule has 0 aliphatic rings. The summed E-state index contributed by atoms with van der Waals surface area (Å²) in [6.07, 6.45) is -6.92. The quantitative estimate of drug-likeness (QED) is 0.720. The summed E-state index contributed by atoms with van der Waals surface area (Å²) in [7, 11) is 0. The first-order valence-corrected chi connectivity index (χ1v) is 4.70. The van der Waals surface area contributed by atoms with Gasteiger partial charge >= 0.3 is 6.18 Å². The van der Waals surface area contributed by atoms with Gasteiger partial charge in [-0.25, -0.2) is 4.39 Å². The van der Waals surface area contributed by atoms with E-state index >= 15 is 0 Å². The number of aromatic hydroxyl groups is 1. The minimum atomic E-state index is -4.61. The van der Waals surface area contributed by atoms with Crippen LogP contribution in [0.1, 0.15) is 18.1 Å². The molecule has 0 bridgehead atoms. The van der Waals surface area contributed by atoms with Crippen molar-refractivity contribution >= 4 is 0 Å². The van der Waals surface area contributed by atoms with Crippen molar-refractivity contribution in [3.8, 4) is 5.75 Å². The molecule has 3 nitrogen and oxygen atoms in total. The highest BCUT2D eigenvalue weighted by Crippen LogP contribution is 2.28.